The van der Waals surface area contributed by atoms with Crippen LogP contribution < -0.4 is 0 Å². The van der Waals surface area contributed by atoms with Crippen molar-refractivity contribution in [3.05, 3.63) is 40.8 Å². The van der Waals surface area contributed by atoms with Crippen LogP contribution in [0.1, 0.15) is 12.0 Å². The fourth-order valence-corrected chi connectivity index (χ4v) is 5.48. The highest BCUT2D eigenvalue weighted by Crippen LogP contribution is 2.32. The van der Waals surface area contributed by atoms with Gasteiger partial charge in [-0.25, -0.2) is 8.42 Å². The molecule has 0 radical (unpaired) electrons. The molecule has 1 atom stereocenters. The summed E-state index contributed by atoms with van der Waals surface area (Å²) >= 11 is 0.794. The number of hydrogen-bond acceptors (Lipinski definition) is 6. The highest BCUT2D eigenvalue weighted by Gasteiger charge is 2.39. The summed E-state index contributed by atoms with van der Waals surface area (Å²) in [6, 6.07) is 8.71. The van der Waals surface area contributed by atoms with E-state index in [9.17, 15) is 22.8 Å². The number of carbonyl (C=O) groups excluding carboxylic acids is 3. The van der Waals surface area contributed by atoms with Gasteiger partial charge in [0, 0.05) is 13.1 Å². The van der Waals surface area contributed by atoms with Crippen LogP contribution in [0, 0.1) is 0 Å². The van der Waals surface area contributed by atoms with Crippen molar-refractivity contribution >= 4 is 44.7 Å². The summed E-state index contributed by atoms with van der Waals surface area (Å²) in [5, 5.41) is -0.502. The summed E-state index contributed by atoms with van der Waals surface area (Å²) in [5.41, 5.74) is 0.789. The first kappa shape index (κ1) is 18.7. The van der Waals surface area contributed by atoms with Crippen LogP contribution in [0.15, 0.2) is 35.2 Å². The average molecular weight is 394 g/mol. The smallest absolute Gasteiger partial charge is 0.294 e. The minimum Gasteiger partial charge on any atom is -0.340 e. The molecule has 0 saturated carbocycles. The van der Waals surface area contributed by atoms with E-state index in [1.807, 2.05) is 30.3 Å². The molecule has 1 aromatic carbocycles. The molecular formula is C17H18N2O5S2. The van der Waals surface area contributed by atoms with E-state index in [-0.39, 0.29) is 23.0 Å². The van der Waals surface area contributed by atoms with Gasteiger partial charge in [-0.05, 0) is 29.8 Å². The number of amides is 3. The number of sulfone groups is 1. The third-order valence-electron chi connectivity index (χ3n) is 4.41. The molecule has 0 aromatic heterocycles. The van der Waals surface area contributed by atoms with E-state index >= 15 is 0 Å². The second kappa shape index (κ2) is 7.24. The molecular weight excluding hydrogens is 376 g/mol. The Labute approximate surface area is 155 Å². The van der Waals surface area contributed by atoms with E-state index in [0.717, 1.165) is 22.2 Å². The van der Waals surface area contributed by atoms with Gasteiger partial charge >= 0.3 is 0 Å². The topological polar surface area (TPSA) is 91.8 Å². The molecule has 2 aliphatic heterocycles. The lowest BCUT2D eigenvalue weighted by Gasteiger charge is -2.25. The predicted octanol–water partition coefficient (Wildman–Crippen LogP) is 1.37. The fourth-order valence-electron chi connectivity index (χ4n) is 2.87. The van der Waals surface area contributed by atoms with Crippen molar-refractivity contribution in [2.75, 3.05) is 25.1 Å². The second-order valence-corrected chi connectivity index (χ2v) is 9.46. The summed E-state index contributed by atoms with van der Waals surface area (Å²) in [6.07, 6.45) is 1.99. The normalized spacial score (nSPS) is 23.7. The van der Waals surface area contributed by atoms with Crippen molar-refractivity contribution in [1.29, 1.82) is 0 Å². The van der Waals surface area contributed by atoms with Crippen molar-refractivity contribution in [1.82, 2.24) is 9.80 Å². The van der Waals surface area contributed by atoms with Gasteiger partial charge in [0.1, 0.15) is 6.54 Å². The Kier molecular flexibility index (Phi) is 5.19. The van der Waals surface area contributed by atoms with E-state index < -0.39 is 32.9 Å². The molecule has 0 bridgehead atoms. The van der Waals surface area contributed by atoms with Crippen LogP contribution in [-0.2, 0) is 19.4 Å². The summed E-state index contributed by atoms with van der Waals surface area (Å²) in [5.74, 6) is -0.984. The molecule has 2 saturated heterocycles. The van der Waals surface area contributed by atoms with Crippen LogP contribution in [0.3, 0.4) is 0 Å². The number of thioether (sulfide) groups is 1. The Balaban J connectivity index is 1.68. The molecule has 3 amide bonds. The first-order valence-electron chi connectivity index (χ1n) is 8.03. The number of rotatable bonds is 4. The molecule has 2 heterocycles. The third-order valence-corrected chi connectivity index (χ3v) is 7.07. The van der Waals surface area contributed by atoms with Gasteiger partial charge in [0.15, 0.2) is 9.84 Å². The quantitative estimate of drug-likeness (QED) is 0.716. The monoisotopic (exact) mass is 394 g/mol. The lowest BCUT2D eigenvalue weighted by Crippen LogP contribution is -2.45. The van der Waals surface area contributed by atoms with Crippen LogP contribution in [0.2, 0.25) is 0 Å². The average Bonchev–Trinajstić information content (AvgIpc) is 3.09. The SMILES string of the molecule is CN(C(=O)CN1C(=O)S/C(=C/c2ccccc2)C1=O)C1CCS(=O)(=O)C1. The van der Waals surface area contributed by atoms with Gasteiger partial charge in [0.05, 0.1) is 16.4 Å². The number of benzene rings is 1. The van der Waals surface area contributed by atoms with Gasteiger partial charge in [0.25, 0.3) is 11.1 Å². The molecule has 0 spiro atoms. The molecule has 138 valence electrons. The standard InChI is InChI=1S/C17H18N2O5S2/c1-18(13-7-8-26(23,24)11-13)15(20)10-19-16(21)14(25-17(19)22)9-12-5-3-2-4-6-12/h2-6,9,13H,7-8,10-11H2,1H3/b14-9+. The van der Waals surface area contributed by atoms with Crippen LogP contribution in [0.25, 0.3) is 6.08 Å². The molecule has 0 N–H and O–H groups in total. The van der Waals surface area contributed by atoms with Crippen molar-refractivity contribution in [3.8, 4) is 0 Å². The van der Waals surface area contributed by atoms with Gasteiger partial charge in [-0.15, -0.1) is 0 Å². The van der Waals surface area contributed by atoms with Gasteiger partial charge in [0.2, 0.25) is 5.91 Å². The first-order chi connectivity index (χ1) is 12.3. The highest BCUT2D eigenvalue weighted by atomic mass is 32.2. The van der Waals surface area contributed by atoms with Crippen molar-refractivity contribution in [3.63, 3.8) is 0 Å². The molecule has 26 heavy (non-hydrogen) atoms. The first-order valence-corrected chi connectivity index (χ1v) is 10.7. The zero-order valence-corrected chi connectivity index (χ0v) is 15.8. The van der Waals surface area contributed by atoms with Crippen molar-refractivity contribution < 1.29 is 22.8 Å². The maximum atomic E-state index is 12.5. The molecule has 1 unspecified atom stereocenters. The minimum absolute atomic E-state index is 0.0523. The summed E-state index contributed by atoms with van der Waals surface area (Å²) < 4.78 is 23.1. The van der Waals surface area contributed by atoms with Crippen LogP contribution in [0.5, 0.6) is 0 Å². The number of likely N-dealkylation sites (N-methyl/N-ethyl adjacent to an activating group) is 1. The summed E-state index contributed by atoms with van der Waals surface area (Å²) in [6.45, 7) is -0.385. The largest absolute Gasteiger partial charge is 0.340 e. The van der Waals surface area contributed by atoms with Crippen LogP contribution in [-0.4, -0.2) is 66.4 Å². The Bertz CT molecular complexity index is 880. The Morgan fingerprint density at radius 3 is 2.62 bits per heavy atom. The lowest BCUT2D eigenvalue weighted by atomic mass is 10.2. The number of carbonyl (C=O) groups is 3. The Morgan fingerprint density at radius 2 is 2.00 bits per heavy atom. The number of hydrogen-bond donors (Lipinski definition) is 0. The van der Waals surface area contributed by atoms with E-state index in [1.165, 1.54) is 11.9 Å². The van der Waals surface area contributed by atoms with Gasteiger partial charge in [-0.2, -0.15) is 0 Å². The maximum Gasteiger partial charge on any atom is 0.294 e. The Morgan fingerprint density at radius 1 is 1.31 bits per heavy atom. The minimum atomic E-state index is -3.12. The molecule has 7 nitrogen and oxygen atoms in total. The molecule has 2 aliphatic rings. The summed E-state index contributed by atoms with van der Waals surface area (Å²) in [4.78, 5) is 39.5. The van der Waals surface area contributed by atoms with Crippen LogP contribution in [0.4, 0.5) is 4.79 Å². The van der Waals surface area contributed by atoms with E-state index in [1.54, 1.807) is 6.08 Å². The van der Waals surface area contributed by atoms with Gasteiger partial charge in [-0.1, -0.05) is 30.3 Å². The van der Waals surface area contributed by atoms with Crippen molar-refractivity contribution in [2.45, 2.75) is 12.5 Å². The maximum absolute atomic E-state index is 12.5. The Hall–Kier alpha value is -2.13. The number of imide groups is 1. The molecule has 3 rings (SSSR count). The summed E-state index contributed by atoms with van der Waals surface area (Å²) in [7, 11) is -1.61. The van der Waals surface area contributed by atoms with E-state index in [0.29, 0.717) is 6.42 Å². The zero-order chi connectivity index (χ0) is 18.9. The second-order valence-electron chi connectivity index (χ2n) is 6.24. The molecule has 0 aliphatic carbocycles. The lowest BCUT2D eigenvalue weighted by molar-refractivity contribution is -0.136. The van der Waals surface area contributed by atoms with Crippen molar-refractivity contribution in [2.24, 2.45) is 0 Å². The van der Waals surface area contributed by atoms with E-state index in [4.69, 9.17) is 0 Å². The van der Waals surface area contributed by atoms with E-state index in [2.05, 4.69) is 0 Å². The zero-order valence-electron chi connectivity index (χ0n) is 14.1. The third kappa shape index (κ3) is 3.99. The fraction of sp³-hybridized carbons (Fsp3) is 0.353. The van der Waals surface area contributed by atoms with Gasteiger partial charge in [-0.3, -0.25) is 19.3 Å². The molecule has 9 heteroatoms. The van der Waals surface area contributed by atoms with Gasteiger partial charge < -0.3 is 4.90 Å². The molecule has 1 aromatic rings. The number of nitrogens with zero attached hydrogens (tertiary/aromatic N) is 2. The molecule has 2 fully saturated rings. The predicted molar refractivity (Wildman–Crippen MR) is 98.9 cm³/mol. The van der Waals surface area contributed by atoms with Crippen LogP contribution >= 0.6 is 11.8 Å². The highest BCUT2D eigenvalue weighted by molar-refractivity contribution is 8.18.